The number of aliphatic hydroxyl groups excluding tert-OH is 3. The Bertz CT molecular complexity index is 870. The van der Waals surface area contributed by atoms with Crippen molar-refractivity contribution < 1.29 is 20.1 Å². The van der Waals surface area contributed by atoms with Gasteiger partial charge in [-0.1, -0.05) is 237 Å². The summed E-state index contributed by atoms with van der Waals surface area (Å²) in [4.78, 5) is 12.5. The number of amides is 1. The lowest BCUT2D eigenvalue weighted by molar-refractivity contribution is -0.124. The molecule has 0 aromatic heterocycles. The van der Waals surface area contributed by atoms with Crippen LogP contribution in [0.15, 0.2) is 36.5 Å². The fourth-order valence-electron chi connectivity index (χ4n) is 7.61. The zero-order chi connectivity index (χ0) is 40.8. The fourth-order valence-corrected chi connectivity index (χ4v) is 7.61. The number of carbonyl (C=O) groups excluding carboxylic acids is 1. The van der Waals surface area contributed by atoms with Gasteiger partial charge in [-0.2, -0.15) is 0 Å². The maximum Gasteiger partial charge on any atom is 0.222 e. The van der Waals surface area contributed by atoms with E-state index in [0.717, 1.165) is 32.1 Å². The second kappa shape index (κ2) is 46.3. The highest BCUT2D eigenvalue weighted by Gasteiger charge is 2.20. The summed E-state index contributed by atoms with van der Waals surface area (Å²) in [7, 11) is 0. The van der Waals surface area contributed by atoms with Crippen LogP contribution in [-0.4, -0.2) is 46.1 Å². The second-order valence-electron chi connectivity index (χ2n) is 17.1. The lowest BCUT2D eigenvalue weighted by Crippen LogP contribution is -2.45. The van der Waals surface area contributed by atoms with Crippen LogP contribution >= 0.6 is 0 Å². The maximum atomic E-state index is 12.5. The number of aliphatic hydroxyl groups is 3. The molecule has 3 unspecified atom stereocenters. The van der Waals surface area contributed by atoms with Gasteiger partial charge in [-0.3, -0.25) is 4.79 Å². The van der Waals surface area contributed by atoms with Crippen molar-refractivity contribution in [2.75, 3.05) is 6.61 Å². The van der Waals surface area contributed by atoms with Gasteiger partial charge in [0.2, 0.25) is 5.91 Å². The first-order valence-electron chi connectivity index (χ1n) is 24.8. The van der Waals surface area contributed by atoms with Gasteiger partial charge < -0.3 is 20.6 Å². The normalized spacial score (nSPS) is 13.7. The van der Waals surface area contributed by atoms with Crippen LogP contribution in [0.5, 0.6) is 0 Å². The van der Waals surface area contributed by atoms with Crippen molar-refractivity contribution in [3.05, 3.63) is 36.5 Å². The molecule has 56 heavy (non-hydrogen) atoms. The van der Waals surface area contributed by atoms with Gasteiger partial charge in [0.15, 0.2) is 0 Å². The average molecular weight is 788 g/mol. The summed E-state index contributed by atoms with van der Waals surface area (Å²) in [5, 5.41) is 33.3. The summed E-state index contributed by atoms with van der Waals surface area (Å²) < 4.78 is 0. The second-order valence-corrected chi connectivity index (χ2v) is 17.1. The number of unbranched alkanes of at least 4 members (excludes halogenated alkanes) is 32. The molecule has 0 aliphatic carbocycles. The van der Waals surface area contributed by atoms with Crippen LogP contribution in [0, 0.1) is 0 Å². The standard InChI is InChI=1S/C51H97NO4/c1-3-5-7-9-11-13-15-17-19-20-21-22-23-24-25-26-27-28-29-30-31-32-34-36-38-40-42-44-48(54)46-51(56)52-49(47-53)50(55)45-43-41-39-37-35-33-18-16-14-12-10-8-6-4-2/h21-22,24-25,43,45,48-50,53-55H,3-20,23,26-42,44,46-47H2,1-2H3,(H,52,56)/b22-21-,25-24-,45-43+. The summed E-state index contributed by atoms with van der Waals surface area (Å²) in [5.74, 6) is -0.316. The number of rotatable bonds is 45. The molecule has 0 fully saturated rings. The summed E-state index contributed by atoms with van der Waals surface area (Å²) in [6.45, 7) is 4.22. The highest BCUT2D eigenvalue weighted by atomic mass is 16.3. The molecule has 3 atom stereocenters. The molecule has 0 rings (SSSR count). The molecule has 0 heterocycles. The number of carbonyl (C=O) groups is 1. The molecule has 5 heteroatoms. The minimum Gasteiger partial charge on any atom is -0.394 e. The van der Waals surface area contributed by atoms with Gasteiger partial charge in [-0.25, -0.2) is 0 Å². The van der Waals surface area contributed by atoms with Crippen molar-refractivity contribution in [2.45, 2.75) is 276 Å². The molecule has 0 aromatic rings. The van der Waals surface area contributed by atoms with Crippen molar-refractivity contribution in [1.82, 2.24) is 5.32 Å². The van der Waals surface area contributed by atoms with E-state index in [4.69, 9.17) is 0 Å². The van der Waals surface area contributed by atoms with Gasteiger partial charge >= 0.3 is 0 Å². The van der Waals surface area contributed by atoms with Gasteiger partial charge in [-0.15, -0.1) is 0 Å². The first-order chi connectivity index (χ1) is 27.5. The Morgan fingerprint density at radius 1 is 0.464 bits per heavy atom. The molecule has 0 aromatic carbocycles. The van der Waals surface area contributed by atoms with Crippen LogP contribution in [0.25, 0.3) is 0 Å². The average Bonchev–Trinajstić information content (AvgIpc) is 3.19. The Balaban J connectivity index is 3.59. The minimum atomic E-state index is -0.928. The Hall–Kier alpha value is -1.43. The Labute approximate surface area is 349 Å². The van der Waals surface area contributed by atoms with Crippen LogP contribution in [0.4, 0.5) is 0 Å². The van der Waals surface area contributed by atoms with E-state index in [9.17, 15) is 20.1 Å². The molecule has 0 radical (unpaired) electrons. The van der Waals surface area contributed by atoms with Gasteiger partial charge in [0.25, 0.3) is 0 Å². The lowest BCUT2D eigenvalue weighted by Gasteiger charge is -2.21. The van der Waals surface area contributed by atoms with E-state index in [1.807, 2.05) is 6.08 Å². The van der Waals surface area contributed by atoms with Crippen molar-refractivity contribution in [2.24, 2.45) is 0 Å². The van der Waals surface area contributed by atoms with E-state index in [0.29, 0.717) is 6.42 Å². The van der Waals surface area contributed by atoms with Crippen LogP contribution in [-0.2, 0) is 4.79 Å². The Morgan fingerprint density at radius 2 is 0.804 bits per heavy atom. The highest BCUT2D eigenvalue weighted by molar-refractivity contribution is 5.76. The van der Waals surface area contributed by atoms with E-state index < -0.39 is 18.2 Å². The molecule has 330 valence electrons. The molecule has 4 N–H and O–H groups in total. The Morgan fingerprint density at radius 3 is 1.18 bits per heavy atom. The topological polar surface area (TPSA) is 89.8 Å². The van der Waals surface area contributed by atoms with Crippen molar-refractivity contribution in [3.63, 3.8) is 0 Å². The number of allylic oxidation sites excluding steroid dienone is 5. The molecule has 0 saturated carbocycles. The number of hydrogen-bond acceptors (Lipinski definition) is 4. The number of hydrogen-bond donors (Lipinski definition) is 4. The van der Waals surface area contributed by atoms with Crippen LogP contribution < -0.4 is 5.32 Å². The smallest absolute Gasteiger partial charge is 0.222 e. The zero-order valence-electron chi connectivity index (χ0n) is 37.5. The molecular formula is C51H97NO4. The van der Waals surface area contributed by atoms with E-state index >= 15 is 0 Å². The third-order valence-electron chi connectivity index (χ3n) is 11.4. The van der Waals surface area contributed by atoms with E-state index in [1.54, 1.807) is 6.08 Å². The Kier molecular flexibility index (Phi) is 45.1. The fraction of sp³-hybridized carbons (Fsp3) is 0.863. The van der Waals surface area contributed by atoms with E-state index in [2.05, 4.69) is 43.5 Å². The van der Waals surface area contributed by atoms with Gasteiger partial charge in [-0.05, 0) is 51.4 Å². The zero-order valence-corrected chi connectivity index (χ0v) is 37.5. The monoisotopic (exact) mass is 788 g/mol. The summed E-state index contributed by atoms with van der Waals surface area (Å²) in [6, 6.07) is -0.744. The summed E-state index contributed by atoms with van der Waals surface area (Å²) >= 11 is 0. The third-order valence-corrected chi connectivity index (χ3v) is 11.4. The molecular weight excluding hydrogens is 691 g/mol. The molecule has 5 nitrogen and oxygen atoms in total. The predicted octanol–water partition coefficient (Wildman–Crippen LogP) is 14.7. The van der Waals surface area contributed by atoms with Crippen molar-refractivity contribution >= 4 is 5.91 Å². The third kappa shape index (κ3) is 42.2. The number of nitrogens with one attached hydrogen (secondary N) is 1. The van der Waals surface area contributed by atoms with Crippen LogP contribution in [0.1, 0.15) is 258 Å². The lowest BCUT2D eigenvalue weighted by atomic mass is 10.0. The SMILES string of the molecule is CCCCCCCCCCC/C=C\C/C=C\CCCCCCCCCCCCCC(O)CC(=O)NC(CO)C(O)/C=C/CCCCCCCCCCCCCC. The molecule has 0 aliphatic rings. The van der Waals surface area contributed by atoms with Crippen molar-refractivity contribution in [1.29, 1.82) is 0 Å². The quantitative estimate of drug-likeness (QED) is 0.0365. The summed E-state index contributed by atoms with van der Waals surface area (Å²) in [5.41, 5.74) is 0. The first kappa shape index (κ1) is 54.6. The minimum absolute atomic E-state index is 0.0128. The van der Waals surface area contributed by atoms with Gasteiger partial charge in [0.05, 0.1) is 31.3 Å². The first-order valence-corrected chi connectivity index (χ1v) is 24.8. The molecule has 0 aliphatic heterocycles. The molecule has 0 bridgehead atoms. The molecule has 0 saturated heterocycles. The van der Waals surface area contributed by atoms with Crippen molar-refractivity contribution in [3.8, 4) is 0 Å². The molecule has 1 amide bonds. The van der Waals surface area contributed by atoms with E-state index in [1.165, 1.54) is 199 Å². The largest absolute Gasteiger partial charge is 0.394 e. The van der Waals surface area contributed by atoms with Crippen LogP contribution in [0.2, 0.25) is 0 Å². The highest BCUT2D eigenvalue weighted by Crippen LogP contribution is 2.16. The van der Waals surface area contributed by atoms with Crippen LogP contribution in [0.3, 0.4) is 0 Å². The molecule has 0 spiro atoms. The van der Waals surface area contributed by atoms with Gasteiger partial charge in [0.1, 0.15) is 0 Å². The predicted molar refractivity (Wildman–Crippen MR) is 245 cm³/mol. The van der Waals surface area contributed by atoms with Gasteiger partial charge in [0, 0.05) is 0 Å². The van der Waals surface area contributed by atoms with E-state index in [-0.39, 0.29) is 18.9 Å². The maximum absolute atomic E-state index is 12.5. The summed E-state index contributed by atoms with van der Waals surface area (Å²) in [6.07, 6.45) is 58.8.